The standard InChI is InChI=1S/C15H12N2O5/c1-2-3-12(18)16-11-6-4-10(5-7-11)15(21)22-17-13(19)8-9-14(17)20/h1,4-7H,3,8-9H2,(H,16,18). The summed E-state index contributed by atoms with van der Waals surface area (Å²) >= 11 is 0. The van der Waals surface area contributed by atoms with Gasteiger partial charge in [-0.1, -0.05) is 5.92 Å². The summed E-state index contributed by atoms with van der Waals surface area (Å²) in [4.78, 5) is 50.6. The predicted molar refractivity (Wildman–Crippen MR) is 75.0 cm³/mol. The average Bonchev–Trinajstić information content (AvgIpc) is 2.80. The maximum absolute atomic E-state index is 11.8. The molecule has 1 N–H and O–H groups in total. The van der Waals surface area contributed by atoms with Crippen LogP contribution in [-0.4, -0.2) is 28.8 Å². The number of hydrogen-bond acceptors (Lipinski definition) is 5. The Hall–Kier alpha value is -3.14. The maximum Gasteiger partial charge on any atom is 0.363 e. The first-order chi connectivity index (χ1) is 10.5. The third-order valence-electron chi connectivity index (χ3n) is 2.85. The molecule has 0 saturated carbocycles. The highest BCUT2D eigenvalue weighted by atomic mass is 16.7. The van der Waals surface area contributed by atoms with Crippen molar-refractivity contribution in [2.75, 3.05) is 5.32 Å². The summed E-state index contributed by atoms with van der Waals surface area (Å²) in [7, 11) is 0. The van der Waals surface area contributed by atoms with Crippen molar-refractivity contribution in [1.82, 2.24) is 5.06 Å². The lowest BCUT2D eigenvalue weighted by Crippen LogP contribution is -2.32. The molecule has 3 amide bonds. The van der Waals surface area contributed by atoms with E-state index in [1.165, 1.54) is 24.3 Å². The summed E-state index contributed by atoms with van der Waals surface area (Å²) in [5.74, 6) is -0.0495. The van der Waals surface area contributed by atoms with Crippen LogP contribution >= 0.6 is 0 Å². The fourth-order valence-electron chi connectivity index (χ4n) is 1.78. The summed E-state index contributed by atoms with van der Waals surface area (Å²) in [6.07, 6.45) is 5.03. The SMILES string of the molecule is C#CCC(=O)Nc1ccc(C(=O)ON2C(=O)CCC2=O)cc1. The number of nitrogens with one attached hydrogen (secondary N) is 1. The number of hydroxylamine groups is 2. The van der Waals surface area contributed by atoms with Gasteiger partial charge in [-0.15, -0.1) is 11.5 Å². The highest BCUT2D eigenvalue weighted by molar-refractivity contribution is 6.02. The Morgan fingerprint density at radius 2 is 1.77 bits per heavy atom. The molecule has 112 valence electrons. The Balaban J connectivity index is 1.99. The van der Waals surface area contributed by atoms with Crippen molar-refractivity contribution >= 4 is 29.4 Å². The van der Waals surface area contributed by atoms with Gasteiger partial charge in [0, 0.05) is 18.5 Å². The highest BCUT2D eigenvalue weighted by Gasteiger charge is 2.33. The van der Waals surface area contributed by atoms with Crippen LogP contribution in [0.4, 0.5) is 5.69 Å². The number of imide groups is 1. The number of carbonyl (C=O) groups is 4. The zero-order valence-electron chi connectivity index (χ0n) is 11.5. The van der Waals surface area contributed by atoms with Gasteiger partial charge in [0.1, 0.15) is 0 Å². The van der Waals surface area contributed by atoms with E-state index in [0.29, 0.717) is 10.8 Å². The van der Waals surface area contributed by atoms with Crippen molar-refractivity contribution < 1.29 is 24.0 Å². The van der Waals surface area contributed by atoms with Crippen molar-refractivity contribution in [2.45, 2.75) is 19.3 Å². The Bertz CT molecular complexity index is 656. The minimum absolute atomic E-state index is 0.0340. The quantitative estimate of drug-likeness (QED) is 0.658. The lowest BCUT2D eigenvalue weighted by atomic mass is 10.2. The van der Waals surface area contributed by atoms with Crippen molar-refractivity contribution in [3.8, 4) is 12.3 Å². The van der Waals surface area contributed by atoms with Crippen LogP contribution in [0.25, 0.3) is 0 Å². The van der Waals surface area contributed by atoms with Crippen molar-refractivity contribution in [3.05, 3.63) is 29.8 Å². The van der Waals surface area contributed by atoms with Crippen molar-refractivity contribution in [1.29, 1.82) is 0 Å². The van der Waals surface area contributed by atoms with Gasteiger partial charge in [-0.3, -0.25) is 14.4 Å². The van der Waals surface area contributed by atoms with Crippen LogP contribution in [0.5, 0.6) is 0 Å². The summed E-state index contributed by atoms with van der Waals surface area (Å²) in [5, 5.41) is 3.02. The number of hydrogen-bond donors (Lipinski definition) is 1. The van der Waals surface area contributed by atoms with E-state index in [4.69, 9.17) is 11.3 Å². The first-order valence-electron chi connectivity index (χ1n) is 6.42. The lowest BCUT2D eigenvalue weighted by molar-refractivity contribution is -0.172. The highest BCUT2D eigenvalue weighted by Crippen LogP contribution is 2.15. The zero-order chi connectivity index (χ0) is 16.1. The number of terminal acetylenes is 1. The third-order valence-corrected chi connectivity index (χ3v) is 2.85. The van der Waals surface area contributed by atoms with Crippen LogP contribution in [0.15, 0.2) is 24.3 Å². The predicted octanol–water partition coefficient (Wildman–Crippen LogP) is 0.869. The van der Waals surface area contributed by atoms with E-state index in [-0.39, 0.29) is 30.7 Å². The molecule has 1 heterocycles. The number of amides is 3. The van der Waals surface area contributed by atoms with Crippen LogP contribution < -0.4 is 5.32 Å². The first-order valence-corrected chi connectivity index (χ1v) is 6.42. The molecule has 2 rings (SSSR count). The van der Waals surface area contributed by atoms with Gasteiger partial charge in [-0.05, 0) is 24.3 Å². The number of rotatable bonds is 4. The largest absolute Gasteiger partial charge is 0.363 e. The minimum atomic E-state index is -0.829. The Kier molecular flexibility index (Phi) is 4.53. The molecule has 1 saturated heterocycles. The molecule has 1 aromatic rings. The molecule has 1 aliphatic rings. The molecule has 0 spiro atoms. The summed E-state index contributed by atoms with van der Waals surface area (Å²) in [6, 6.07) is 5.77. The van der Waals surface area contributed by atoms with E-state index in [0.717, 1.165) is 0 Å². The van der Waals surface area contributed by atoms with Gasteiger partial charge in [0.25, 0.3) is 11.8 Å². The third kappa shape index (κ3) is 3.49. The molecule has 1 aromatic carbocycles. The number of anilines is 1. The minimum Gasteiger partial charge on any atom is -0.325 e. The monoisotopic (exact) mass is 300 g/mol. The lowest BCUT2D eigenvalue weighted by Gasteiger charge is -2.12. The molecule has 22 heavy (non-hydrogen) atoms. The maximum atomic E-state index is 11.8. The van der Waals surface area contributed by atoms with E-state index in [2.05, 4.69) is 11.2 Å². The van der Waals surface area contributed by atoms with Crippen molar-refractivity contribution in [2.24, 2.45) is 0 Å². The summed E-state index contributed by atoms with van der Waals surface area (Å²) < 4.78 is 0. The molecular weight excluding hydrogens is 288 g/mol. The number of nitrogens with zero attached hydrogens (tertiary/aromatic N) is 1. The van der Waals surface area contributed by atoms with E-state index in [1.807, 2.05) is 0 Å². The smallest absolute Gasteiger partial charge is 0.325 e. The second kappa shape index (κ2) is 6.54. The molecule has 0 bridgehead atoms. The van der Waals surface area contributed by atoms with Gasteiger partial charge < -0.3 is 10.2 Å². The van der Waals surface area contributed by atoms with Gasteiger partial charge >= 0.3 is 5.97 Å². The summed E-state index contributed by atoms with van der Waals surface area (Å²) in [6.45, 7) is 0. The van der Waals surface area contributed by atoms with Gasteiger partial charge in [-0.2, -0.15) is 0 Å². The molecule has 1 fully saturated rings. The molecule has 0 atom stereocenters. The second-order valence-electron chi connectivity index (χ2n) is 4.47. The van der Waals surface area contributed by atoms with Gasteiger partial charge in [-0.25, -0.2) is 4.79 Å². The van der Waals surface area contributed by atoms with Crippen molar-refractivity contribution in [3.63, 3.8) is 0 Å². The fraction of sp³-hybridized carbons (Fsp3) is 0.200. The molecule has 7 heteroatoms. The van der Waals surface area contributed by atoms with E-state index >= 15 is 0 Å². The average molecular weight is 300 g/mol. The Labute approximate surface area is 126 Å². The van der Waals surface area contributed by atoms with Crippen LogP contribution in [-0.2, 0) is 19.2 Å². The Morgan fingerprint density at radius 3 is 2.32 bits per heavy atom. The van der Waals surface area contributed by atoms with E-state index in [9.17, 15) is 19.2 Å². The Morgan fingerprint density at radius 1 is 1.18 bits per heavy atom. The van der Waals surface area contributed by atoms with Gasteiger partial charge in [0.15, 0.2) is 0 Å². The topological polar surface area (TPSA) is 92.8 Å². The van der Waals surface area contributed by atoms with Crippen LogP contribution in [0, 0.1) is 12.3 Å². The molecule has 1 aliphatic heterocycles. The summed E-state index contributed by atoms with van der Waals surface area (Å²) in [5.41, 5.74) is 0.604. The van der Waals surface area contributed by atoms with Crippen LogP contribution in [0.3, 0.4) is 0 Å². The van der Waals surface area contributed by atoms with E-state index in [1.54, 1.807) is 0 Å². The molecule has 0 aliphatic carbocycles. The van der Waals surface area contributed by atoms with E-state index < -0.39 is 17.8 Å². The molecular formula is C15H12N2O5. The first kappa shape index (κ1) is 15.3. The number of benzene rings is 1. The molecule has 0 radical (unpaired) electrons. The van der Waals surface area contributed by atoms with Gasteiger partial charge in [0.2, 0.25) is 5.91 Å². The molecule has 0 unspecified atom stereocenters. The number of carbonyl (C=O) groups excluding carboxylic acids is 4. The molecule has 7 nitrogen and oxygen atoms in total. The van der Waals surface area contributed by atoms with Crippen LogP contribution in [0.1, 0.15) is 29.6 Å². The van der Waals surface area contributed by atoms with Crippen LogP contribution in [0.2, 0.25) is 0 Å². The second-order valence-corrected chi connectivity index (χ2v) is 4.47. The zero-order valence-corrected chi connectivity index (χ0v) is 11.5. The normalized spacial score (nSPS) is 13.7. The molecule has 0 aromatic heterocycles. The fourth-order valence-corrected chi connectivity index (χ4v) is 1.78. The van der Waals surface area contributed by atoms with Gasteiger partial charge in [0.05, 0.1) is 12.0 Å².